The molecule has 1 aromatic carbocycles. The number of rotatable bonds is 6. The Bertz CT molecular complexity index is 1080. The molecule has 2 heterocycles. The van der Waals surface area contributed by atoms with Gasteiger partial charge in [0.1, 0.15) is 17.6 Å². The largest absolute Gasteiger partial charge is 0.460 e. The highest BCUT2D eigenvalue weighted by Gasteiger charge is 2.27. The summed E-state index contributed by atoms with van der Waals surface area (Å²) in [6.07, 6.45) is 2.89. The van der Waals surface area contributed by atoms with E-state index < -0.39 is 10.0 Å². The monoisotopic (exact) mass is 416 g/mol. The molecule has 0 atom stereocenters. The van der Waals surface area contributed by atoms with Crippen LogP contribution < -0.4 is 9.46 Å². The first kappa shape index (κ1) is 19.8. The fourth-order valence-corrected chi connectivity index (χ4v) is 5.11. The summed E-state index contributed by atoms with van der Waals surface area (Å²) in [5.74, 6) is -0.198. The zero-order valence-corrected chi connectivity index (χ0v) is 17.3. The average molecular weight is 417 g/mol. The van der Waals surface area contributed by atoms with Gasteiger partial charge in [0.25, 0.3) is 0 Å². The van der Waals surface area contributed by atoms with E-state index in [1.54, 1.807) is 6.07 Å². The molecule has 9 heteroatoms. The molecule has 1 N–H and O–H groups in total. The molecular formula is C20H24N4O4S. The van der Waals surface area contributed by atoms with Crippen molar-refractivity contribution < 1.29 is 17.7 Å². The van der Waals surface area contributed by atoms with Crippen LogP contribution in [0.3, 0.4) is 0 Å². The first-order valence-electron chi connectivity index (χ1n) is 9.70. The molecule has 0 saturated heterocycles. The summed E-state index contributed by atoms with van der Waals surface area (Å²) in [6.45, 7) is 3.82. The summed E-state index contributed by atoms with van der Waals surface area (Å²) in [5.41, 5.74) is 2.75. The van der Waals surface area contributed by atoms with Crippen LogP contribution in [-0.2, 0) is 15.8 Å². The average Bonchev–Trinajstić information content (AvgIpc) is 3.05. The Hall–Kier alpha value is -2.52. The number of nitrogens with zero attached hydrogens (tertiary/aromatic N) is 3. The maximum atomic E-state index is 12.6. The highest BCUT2D eigenvalue weighted by Crippen LogP contribution is 2.24. The summed E-state index contributed by atoms with van der Waals surface area (Å²) >= 11 is 0. The number of nitrogens with one attached hydrogen (secondary N) is 1. The van der Waals surface area contributed by atoms with Crippen LogP contribution in [0.5, 0.6) is 6.01 Å². The van der Waals surface area contributed by atoms with Gasteiger partial charge in [0.2, 0.25) is 10.0 Å². The number of sulfonamides is 1. The lowest BCUT2D eigenvalue weighted by atomic mass is 9.94. The standard InChI is InChI=1S/C20H24N4O4S/c1-13-11-14(2)22-20(21-13)27-16-9-7-15(8-10-16)24-29(25,26)12-18-17-5-3-4-6-19(17)28-23-18/h3-6,11,15-16,24H,7-10,12H2,1-2H3. The molecule has 1 fully saturated rings. The van der Waals surface area contributed by atoms with Crippen molar-refractivity contribution in [2.24, 2.45) is 0 Å². The zero-order chi connectivity index (χ0) is 20.4. The van der Waals surface area contributed by atoms with E-state index in [2.05, 4.69) is 19.8 Å². The third kappa shape index (κ3) is 4.91. The van der Waals surface area contributed by atoms with Crippen molar-refractivity contribution in [2.75, 3.05) is 0 Å². The third-order valence-electron chi connectivity index (χ3n) is 5.03. The van der Waals surface area contributed by atoms with Gasteiger partial charge < -0.3 is 9.26 Å². The molecule has 3 aromatic rings. The van der Waals surface area contributed by atoms with Gasteiger partial charge in [-0.1, -0.05) is 17.3 Å². The van der Waals surface area contributed by atoms with Crippen molar-refractivity contribution in [3.63, 3.8) is 0 Å². The second-order valence-electron chi connectivity index (χ2n) is 7.53. The van der Waals surface area contributed by atoms with E-state index in [1.807, 2.05) is 38.1 Å². The summed E-state index contributed by atoms with van der Waals surface area (Å²) in [5, 5.41) is 4.64. The van der Waals surface area contributed by atoms with E-state index in [1.165, 1.54) is 0 Å². The predicted octanol–water partition coefficient (Wildman–Crippen LogP) is 3.04. The lowest BCUT2D eigenvalue weighted by molar-refractivity contribution is 0.131. The molecule has 4 rings (SSSR count). The van der Waals surface area contributed by atoms with Gasteiger partial charge in [-0.05, 0) is 57.7 Å². The number of hydrogen-bond donors (Lipinski definition) is 1. The van der Waals surface area contributed by atoms with Crippen LogP contribution in [-0.4, -0.2) is 35.7 Å². The normalized spacial score (nSPS) is 20.1. The van der Waals surface area contributed by atoms with Crippen molar-refractivity contribution in [3.8, 4) is 6.01 Å². The quantitative estimate of drug-likeness (QED) is 0.658. The van der Waals surface area contributed by atoms with Gasteiger partial charge in [0.15, 0.2) is 5.58 Å². The second-order valence-corrected chi connectivity index (χ2v) is 9.28. The van der Waals surface area contributed by atoms with Crippen LogP contribution in [0.2, 0.25) is 0 Å². The molecule has 8 nitrogen and oxygen atoms in total. The second kappa shape index (κ2) is 8.08. The van der Waals surface area contributed by atoms with Crippen molar-refractivity contribution in [2.45, 2.75) is 57.4 Å². The number of fused-ring (bicyclic) bond motifs is 1. The molecule has 0 aliphatic heterocycles. The minimum Gasteiger partial charge on any atom is -0.460 e. The summed E-state index contributed by atoms with van der Waals surface area (Å²) < 4.78 is 39.1. The highest BCUT2D eigenvalue weighted by atomic mass is 32.2. The van der Waals surface area contributed by atoms with Crippen molar-refractivity contribution in [1.82, 2.24) is 19.8 Å². The fourth-order valence-electron chi connectivity index (χ4n) is 3.71. The summed E-state index contributed by atoms with van der Waals surface area (Å²) in [6, 6.07) is 9.43. The molecule has 0 bridgehead atoms. The van der Waals surface area contributed by atoms with Crippen LogP contribution in [0.15, 0.2) is 34.9 Å². The van der Waals surface area contributed by atoms with Gasteiger partial charge in [0, 0.05) is 22.8 Å². The lowest BCUT2D eigenvalue weighted by Gasteiger charge is -2.28. The van der Waals surface area contributed by atoms with E-state index in [-0.39, 0.29) is 17.9 Å². The molecule has 1 aliphatic rings. The number of ether oxygens (including phenoxy) is 1. The molecule has 29 heavy (non-hydrogen) atoms. The minimum atomic E-state index is -3.52. The maximum absolute atomic E-state index is 12.6. The molecule has 1 aliphatic carbocycles. The minimum absolute atomic E-state index is 0.00330. The molecule has 154 valence electrons. The number of aromatic nitrogens is 3. The Morgan fingerprint density at radius 1 is 1.10 bits per heavy atom. The SMILES string of the molecule is Cc1cc(C)nc(OC2CCC(NS(=O)(=O)Cc3noc4ccccc34)CC2)n1. The number of benzene rings is 1. The molecular weight excluding hydrogens is 392 g/mol. The number of hydrogen-bond acceptors (Lipinski definition) is 7. The highest BCUT2D eigenvalue weighted by molar-refractivity contribution is 7.88. The molecule has 2 aromatic heterocycles. The van der Waals surface area contributed by atoms with Crippen molar-refractivity contribution in [1.29, 1.82) is 0 Å². The smallest absolute Gasteiger partial charge is 0.317 e. The van der Waals surface area contributed by atoms with Crippen molar-refractivity contribution >= 4 is 21.0 Å². The van der Waals surface area contributed by atoms with Crippen molar-refractivity contribution in [3.05, 3.63) is 47.4 Å². The topological polar surface area (TPSA) is 107 Å². The molecule has 0 amide bonds. The van der Waals surface area contributed by atoms with Crippen LogP contribution >= 0.6 is 0 Å². The van der Waals surface area contributed by atoms with Gasteiger partial charge in [-0.2, -0.15) is 0 Å². The Morgan fingerprint density at radius 2 is 1.79 bits per heavy atom. The Balaban J connectivity index is 1.32. The van der Waals surface area contributed by atoms with E-state index in [0.29, 0.717) is 30.1 Å². The lowest BCUT2D eigenvalue weighted by Crippen LogP contribution is -2.40. The number of para-hydroxylation sites is 1. The van der Waals surface area contributed by atoms with Crippen LogP contribution in [0.25, 0.3) is 11.0 Å². The Morgan fingerprint density at radius 3 is 2.52 bits per heavy atom. The molecule has 0 radical (unpaired) electrons. The van der Waals surface area contributed by atoms with Crippen LogP contribution in [0.4, 0.5) is 0 Å². The Kier molecular flexibility index (Phi) is 5.51. The van der Waals surface area contributed by atoms with Gasteiger partial charge >= 0.3 is 6.01 Å². The van der Waals surface area contributed by atoms with Crippen LogP contribution in [0, 0.1) is 13.8 Å². The molecule has 0 spiro atoms. The zero-order valence-electron chi connectivity index (χ0n) is 16.5. The first-order chi connectivity index (χ1) is 13.9. The third-order valence-corrected chi connectivity index (χ3v) is 6.38. The summed E-state index contributed by atoms with van der Waals surface area (Å²) in [4.78, 5) is 8.62. The van der Waals surface area contributed by atoms with Gasteiger partial charge in [0.05, 0.1) is 0 Å². The number of aryl methyl sites for hydroxylation is 2. The Labute approximate surface area is 169 Å². The maximum Gasteiger partial charge on any atom is 0.317 e. The first-order valence-corrected chi connectivity index (χ1v) is 11.4. The van der Waals surface area contributed by atoms with Gasteiger partial charge in [-0.25, -0.2) is 23.1 Å². The van der Waals surface area contributed by atoms with E-state index >= 15 is 0 Å². The molecule has 1 saturated carbocycles. The fraction of sp³-hybridized carbons (Fsp3) is 0.450. The summed E-state index contributed by atoms with van der Waals surface area (Å²) in [7, 11) is -3.52. The van der Waals surface area contributed by atoms with E-state index in [9.17, 15) is 8.42 Å². The van der Waals surface area contributed by atoms with E-state index in [4.69, 9.17) is 9.26 Å². The van der Waals surface area contributed by atoms with Crippen LogP contribution in [0.1, 0.15) is 42.8 Å². The molecule has 0 unspecified atom stereocenters. The van der Waals surface area contributed by atoms with E-state index in [0.717, 1.165) is 29.6 Å². The van der Waals surface area contributed by atoms with Gasteiger partial charge in [-0.15, -0.1) is 0 Å². The predicted molar refractivity (Wildman–Crippen MR) is 108 cm³/mol. The van der Waals surface area contributed by atoms with Gasteiger partial charge in [-0.3, -0.25) is 0 Å².